The lowest BCUT2D eigenvalue weighted by Gasteiger charge is -2.25. The maximum atomic E-state index is 12.2. The molecule has 2 heterocycles. The van der Waals surface area contributed by atoms with Gasteiger partial charge in [0, 0.05) is 12.6 Å². The Balaban J connectivity index is 2.22. The minimum absolute atomic E-state index is 0.181. The van der Waals surface area contributed by atoms with E-state index in [1.54, 1.807) is 6.92 Å². The standard InChI is InChI=1S/C12H16N2O4/c1-8-7-9(13-18-8)11(15)14-6-4-2-3-5-10(14)12(16)17/h7,10H,2-6H2,1H3,(H,16,17). The van der Waals surface area contributed by atoms with E-state index >= 15 is 0 Å². The normalized spacial score (nSPS) is 20.5. The third kappa shape index (κ3) is 2.52. The molecular formula is C12H16N2O4. The van der Waals surface area contributed by atoms with Crippen molar-refractivity contribution < 1.29 is 19.2 Å². The fourth-order valence-electron chi connectivity index (χ4n) is 2.22. The smallest absolute Gasteiger partial charge is 0.326 e. The van der Waals surface area contributed by atoms with E-state index in [-0.39, 0.29) is 11.6 Å². The van der Waals surface area contributed by atoms with Gasteiger partial charge in [0.1, 0.15) is 11.8 Å². The topological polar surface area (TPSA) is 83.6 Å². The van der Waals surface area contributed by atoms with Crippen molar-refractivity contribution in [3.63, 3.8) is 0 Å². The number of aryl methyl sites for hydroxylation is 1. The van der Waals surface area contributed by atoms with Crippen LogP contribution in [0.2, 0.25) is 0 Å². The van der Waals surface area contributed by atoms with Gasteiger partial charge in [0.15, 0.2) is 5.69 Å². The second-order valence-corrected chi connectivity index (χ2v) is 4.52. The maximum absolute atomic E-state index is 12.2. The van der Waals surface area contributed by atoms with Crippen molar-refractivity contribution in [1.82, 2.24) is 10.1 Å². The monoisotopic (exact) mass is 252 g/mol. The molecule has 1 N–H and O–H groups in total. The van der Waals surface area contributed by atoms with Crippen LogP contribution in [0.5, 0.6) is 0 Å². The maximum Gasteiger partial charge on any atom is 0.326 e. The zero-order valence-corrected chi connectivity index (χ0v) is 10.3. The first-order valence-corrected chi connectivity index (χ1v) is 6.06. The van der Waals surface area contributed by atoms with Crippen LogP contribution in [0.3, 0.4) is 0 Å². The zero-order chi connectivity index (χ0) is 13.1. The summed E-state index contributed by atoms with van der Waals surface area (Å²) in [6.07, 6.45) is 3.11. The number of likely N-dealkylation sites (tertiary alicyclic amines) is 1. The summed E-state index contributed by atoms with van der Waals surface area (Å²) in [7, 11) is 0. The highest BCUT2D eigenvalue weighted by Gasteiger charge is 2.32. The lowest BCUT2D eigenvalue weighted by atomic mass is 10.1. The molecule has 1 unspecified atom stereocenters. The van der Waals surface area contributed by atoms with E-state index in [2.05, 4.69) is 5.16 Å². The fraction of sp³-hybridized carbons (Fsp3) is 0.583. The van der Waals surface area contributed by atoms with E-state index < -0.39 is 12.0 Å². The van der Waals surface area contributed by atoms with Gasteiger partial charge in [-0.25, -0.2) is 4.79 Å². The molecule has 1 aliphatic heterocycles. The van der Waals surface area contributed by atoms with Crippen LogP contribution in [0.15, 0.2) is 10.6 Å². The Bertz CT molecular complexity index is 455. The quantitative estimate of drug-likeness (QED) is 0.861. The van der Waals surface area contributed by atoms with Crippen LogP contribution in [0.4, 0.5) is 0 Å². The minimum Gasteiger partial charge on any atom is -0.480 e. The lowest BCUT2D eigenvalue weighted by Crippen LogP contribution is -2.44. The van der Waals surface area contributed by atoms with Gasteiger partial charge in [-0.15, -0.1) is 0 Å². The molecule has 6 heteroatoms. The zero-order valence-electron chi connectivity index (χ0n) is 10.3. The van der Waals surface area contributed by atoms with Crippen molar-refractivity contribution in [2.24, 2.45) is 0 Å². The summed E-state index contributed by atoms with van der Waals surface area (Å²) in [6, 6.07) is 0.781. The van der Waals surface area contributed by atoms with Gasteiger partial charge in [0.2, 0.25) is 0 Å². The highest BCUT2D eigenvalue weighted by atomic mass is 16.5. The largest absolute Gasteiger partial charge is 0.480 e. The van der Waals surface area contributed by atoms with Crippen molar-refractivity contribution >= 4 is 11.9 Å². The molecule has 6 nitrogen and oxygen atoms in total. The van der Waals surface area contributed by atoms with Gasteiger partial charge in [-0.05, 0) is 19.8 Å². The molecule has 98 valence electrons. The van der Waals surface area contributed by atoms with Crippen LogP contribution in [0.25, 0.3) is 0 Å². The number of nitrogens with zero attached hydrogens (tertiary/aromatic N) is 2. The number of carbonyl (C=O) groups is 2. The van der Waals surface area contributed by atoms with E-state index in [4.69, 9.17) is 4.52 Å². The second kappa shape index (κ2) is 5.20. The molecule has 1 saturated heterocycles. The SMILES string of the molecule is Cc1cc(C(=O)N2CCCCCC2C(=O)O)no1. The Morgan fingerprint density at radius 1 is 1.44 bits per heavy atom. The number of carboxylic acids is 1. The van der Waals surface area contributed by atoms with E-state index in [9.17, 15) is 14.7 Å². The van der Waals surface area contributed by atoms with Gasteiger partial charge in [-0.2, -0.15) is 0 Å². The first kappa shape index (κ1) is 12.6. The predicted molar refractivity (Wildman–Crippen MR) is 62.2 cm³/mol. The molecule has 0 radical (unpaired) electrons. The highest BCUT2D eigenvalue weighted by Crippen LogP contribution is 2.19. The van der Waals surface area contributed by atoms with Gasteiger partial charge in [-0.3, -0.25) is 4.79 Å². The summed E-state index contributed by atoms with van der Waals surface area (Å²) in [6.45, 7) is 2.16. The van der Waals surface area contributed by atoms with Crippen molar-refractivity contribution in [2.75, 3.05) is 6.54 Å². The minimum atomic E-state index is -0.953. The van der Waals surface area contributed by atoms with E-state index in [0.717, 1.165) is 19.3 Å². The Hall–Kier alpha value is -1.85. The average molecular weight is 252 g/mol. The first-order valence-electron chi connectivity index (χ1n) is 6.06. The summed E-state index contributed by atoms with van der Waals surface area (Å²) in [5.41, 5.74) is 0.181. The molecule has 0 aliphatic carbocycles. The van der Waals surface area contributed by atoms with Crippen molar-refractivity contribution in [2.45, 2.75) is 38.6 Å². The van der Waals surface area contributed by atoms with Gasteiger partial charge < -0.3 is 14.5 Å². The first-order chi connectivity index (χ1) is 8.59. The average Bonchev–Trinajstić information content (AvgIpc) is 2.63. The van der Waals surface area contributed by atoms with Crippen molar-refractivity contribution in [3.05, 3.63) is 17.5 Å². The molecule has 2 rings (SSSR count). The number of amides is 1. The third-order valence-corrected chi connectivity index (χ3v) is 3.15. The van der Waals surface area contributed by atoms with E-state index in [1.165, 1.54) is 11.0 Å². The van der Waals surface area contributed by atoms with Crippen LogP contribution in [-0.2, 0) is 4.79 Å². The van der Waals surface area contributed by atoms with Crippen LogP contribution in [0, 0.1) is 6.92 Å². The Morgan fingerprint density at radius 2 is 2.22 bits per heavy atom. The summed E-state index contributed by atoms with van der Waals surface area (Å²) >= 11 is 0. The molecule has 1 aliphatic rings. The molecule has 1 amide bonds. The molecule has 18 heavy (non-hydrogen) atoms. The summed E-state index contributed by atoms with van der Waals surface area (Å²) in [4.78, 5) is 24.8. The molecule has 1 aromatic rings. The van der Waals surface area contributed by atoms with Crippen molar-refractivity contribution in [1.29, 1.82) is 0 Å². The molecular weight excluding hydrogens is 236 g/mol. The highest BCUT2D eigenvalue weighted by molar-refractivity contribution is 5.95. The van der Waals surface area contributed by atoms with Crippen LogP contribution < -0.4 is 0 Å². The predicted octanol–water partition coefficient (Wildman–Crippen LogP) is 1.45. The number of hydrogen-bond acceptors (Lipinski definition) is 4. The van der Waals surface area contributed by atoms with E-state index in [0.29, 0.717) is 18.7 Å². The Labute approximate surface area is 105 Å². The summed E-state index contributed by atoms with van der Waals surface area (Å²) < 4.78 is 4.86. The fourth-order valence-corrected chi connectivity index (χ4v) is 2.22. The summed E-state index contributed by atoms with van der Waals surface area (Å²) in [5, 5.41) is 12.9. The molecule has 0 spiro atoms. The molecule has 0 aromatic carbocycles. The molecule has 0 bridgehead atoms. The van der Waals surface area contributed by atoms with Crippen LogP contribution >= 0.6 is 0 Å². The van der Waals surface area contributed by atoms with Gasteiger partial charge in [-0.1, -0.05) is 18.0 Å². The Kier molecular flexibility index (Phi) is 3.64. The third-order valence-electron chi connectivity index (χ3n) is 3.15. The number of aromatic nitrogens is 1. The molecule has 1 fully saturated rings. The van der Waals surface area contributed by atoms with Gasteiger partial charge >= 0.3 is 5.97 Å². The van der Waals surface area contributed by atoms with Gasteiger partial charge in [0.25, 0.3) is 5.91 Å². The van der Waals surface area contributed by atoms with E-state index in [1.807, 2.05) is 0 Å². The number of rotatable bonds is 2. The lowest BCUT2D eigenvalue weighted by molar-refractivity contribution is -0.142. The molecule has 1 atom stereocenters. The van der Waals surface area contributed by atoms with Crippen LogP contribution in [-0.4, -0.2) is 39.6 Å². The number of carboxylic acid groups (broad SMARTS) is 1. The van der Waals surface area contributed by atoms with Crippen molar-refractivity contribution in [3.8, 4) is 0 Å². The molecule has 0 saturated carbocycles. The number of aliphatic carboxylic acids is 1. The van der Waals surface area contributed by atoms with Gasteiger partial charge in [0.05, 0.1) is 0 Å². The molecule has 1 aromatic heterocycles. The number of carbonyl (C=O) groups excluding carboxylic acids is 1. The summed E-state index contributed by atoms with van der Waals surface area (Å²) in [5.74, 6) is -0.772. The second-order valence-electron chi connectivity index (χ2n) is 4.52. The van der Waals surface area contributed by atoms with Crippen LogP contribution in [0.1, 0.15) is 41.9 Å². The Morgan fingerprint density at radius 3 is 2.83 bits per heavy atom. The number of hydrogen-bond donors (Lipinski definition) is 1.